The number of alkyl halides is 6. The van der Waals surface area contributed by atoms with Crippen molar-refractivity contribution >= 4 is 5.91 Å². The van der Waals surface area contributed by atoms with Crippen molar-refractivity contribution in [2.45, 2.75) is 30.7 Å². The number of carbonyl (C=O) groups is 1. The van der Waals surface area contributed by atoms with Gasteiger partial charge < -0.3 is 10.2 Å². The van der Waals surface area contributed by atoms with Crippen LogP contribution < -0.4 is 5.32 Å². The third-order valence-corrected chi connectivity index (χ3v) is 6.62. The Morgan fingerprint density at radius 1 is 0.857 bits per heavy atom. The second-order valence-electron chi connectivity index (χ2n) is 8.85. The molecule has 0 saturated carbocycles. The third-order valence-electron chi connectivity index (χ3n) is 6.62. The number of carbonyl (C=O) groups excluding carboxylic acids is 1. The summed E-state index contributed by atoms with van der Waals surface area (Å²) in [4.78, 5) is 16.7. The molecule has 4 nitrogen and oxygen atoms in total. The lowest BCUT2D eigenvalue weighted by Crippen LogP contribution is -2.55. The van der Waals surface area contributed by atoms with E-state index < -0.39 is 40.8 Å². The molecule has 0 bridgehead atoms. The molecule has 2 aromatic rings. The van der Waals surface area contributed by atoms with Gasteiger partial charge in [-0.05, 0) is 42.3 Å². The number of hydrogen-bond donors (Lipinski definition) is 1. The normalized spacial score (nSPS) is 22.3. The zero-order chi connectivity index (χ0) is 25.4. The molecule has 0 radical (unpaired) electrons. The molecular weight excluding hydrogens is 479 g/mol. The molecule has 0 aromatic heterocycles. The topological polar surface area (TPSA) is 35.6 Å². The second-order valence-corrected chi connectivity index (χ2v) is 8.85. The summed E-state index contributed by atoms with van der Waals surface area (Å²) in [7, 11) is 0. The van der Waals surface area contributed by atoms with Crippen molar-refractivity contribution in [2.24, 2.45) is 0 Å². The fourth-order valence-corrected chi connectivity index (χ4v) is 4.87. The number of piperidine rings is 1. The van der Waals surface area contributed by atoms with Crippen molar-refractivity contribution in [3.63, 3.8) is 0 Å². The highest BCUT2D eigenvalue weighted by atomic mass is 19.4. The van der Waals surface area contributed by atoms with Crippen LogP contribution in [0.4, 0.5) is 30.7 Å². The van der Waals surface area contributed by atoms with Crippen molar-refractivity contribution in [3.8, 4) is 0 Å². The molecule has 2 atom stereocenters. The number of halogens is 7. The standard InChI is InChI=1S/C24H24F7N3O/c25-19-3-1-15(2-4-19)20-14-34(8-5-21(20)33-9-6-32-7-10-33)22(35)16-11-17(23(26,27)28)13-18(12-16)24(29,30)31/h1-4,11-13,20-21,32H,5-10,14H2/t20-,21-/m0/s1. The maximum atomic E-state index is 13.5. The first-order chi connectivity index (χ1) is 16.4. The van der Waals surface area contributed by atoms with Gasteiger partial charge in [-0.15, -0.1) is 0 Å². The maximum Gasteiger partial charge on any atom is 0.416 e. The number of likely N-dealkylation sites (tertiary alicyclic amines) is 1. The molecule has 2 aromatic carbocycles. The van der Waals surface area contributed by atoms with Crippen LogP contribution in [-0.4, -0.2) is 61.0 Å². The Morgan fingerprint density at radius 2 is 1.43 bits per heavy atom. The smallest absolute Gasteiger partial charge is 0.338 e. The molecule has 0 aliphatic carbocycles. The van der Waals surface area contributed by atoms with E-state index in [1.54, 1.807) is 12.1 Å². The SMILES string of the molecule is O=C(c1cc(C(F)(F)F)cc(C(F)(F)F)c1)N1CC[C@H](N2CCNCC2)[C@H](c2ccc(F)cc2)C1. The summed E-state index contributed by atoms with van der Waals surface area (Å²) in [6.45, 7) is 3.36. The molecular formula is C24H24F7N3O. The van der Waals surface area contributed by atoms with Gasteiger partial charge in [0.05, 0.1) is 11.1 Å². The molecule has 0 spiro atoms. The Balaban J connectivity index is 1.65. The Bertz CT molecular complexity index is 1010. The predicted molar refractivity (Wildman–Crippen MR) is 114 cm³/mol. The second kappa shape index (κ2) is 9.77. The van der Waals surface area contributed by atoms with Gasteiger partial charge in [0.25, 0.3) is 5.91 Å². The largest absolute Gasteiger partial charge is 0.416 e. The minimum Gasteiger partial charge on any atom is -0.338 e. The Morgan fingerprint density at radius 3 is 1.97 bits per heavy atom. The van der Waals surface area contributed by atoms with Crippen molar-refractivity contribution in [1.29, 1.82) is 0 Å². The molecule has 35 heavy (non-hydrogen) atoms. The van der Waals surface area contributed by atoms with Gasteiger partial charge in [-0.3, -0.25) is 9.69 Å². The van der Waals surface area contributed by atoms with E-state index in [0.29, 0.717) is 18.6 Å². The summed E-state index contributed by atoms with van der Waals surface area (Å²) in [5, 5.41) is 3.26. The monoisotopic (exact) mass is 503 g/mol. The summed E-state index contributed by atoms with van der Waals surface area (Å²) in [6, 6.07) is 6.75. The van der Waals surface area contributed by atoms with Crippen molar-refractivity contribution in [2.75, 3.05) is 39.3 Å². The summed E-state index contributed by atoms with van der Waals surface area (Å²) < 4.78 is 93.2. The molecule has 1 amide bonds. The van der Waals surface area contributed by atoms with E-state index in [0.717, 1.165) is 31.7 Å². The predicted octanol–water partition coefficient (Wildman–Crippen LogP) is 4.77. The number of benzene rings is 2. The molecule has 11 heteroatoms. The zero-order valence-corrected chi connectivity index (χ0v) is 18.6. The highest BCUT2D eigenvalue weighted by Crippen LogP contribution is 2.37. The lowest BCUT2D eigenvalue weighted by Gasteiger charge is -2.45. The van der Waals surface area contributed by atoms with Gasteiger partial charge in [-0.1, -0.05) is 12.1 Å². The first-order valence-corrected chi connectivity index (χ1v) is 11.2. The molecule has 190 valence electrons. The summed E-state index contributed by atoms with van der Waals surface area (Å²) in [5.41, 5.74) is -2.96. The van der Waals surface area contributed by atoms with Crippen molar-refractivity contribution < 1.29 is 35.5 Å². The number of amides is 1. The summed E-state index contributed by atoms with van der Waals surface area (Å²) >= 11 is 0. The van der Waals surface area contributed by atoms with E-state index in [-0.39, 0.29) is 31.1 Å². The van der Waals surface area contributed by atoms with Gasteiger partial charge >= 0.3 is 12.4 Å². The quantitative estimate of drug-likeness (QED) is 0.614. The molecule has 2 fully saturated rings. The molecule has 0 unspecified atom stereocenters. The van der Waals surface area contributed by atoms with E-state index in [9.17, 15) is 35.5 Å². The maximum absolute atomic E-state index is 13.5. The highest BCUT2D eigenvalue weighted by Gasteiger charge is 2.40. The molecule has 1 N–H and O–H groups in total. The van der Waals surface area contributed by atoms with Gasteiger partial charge in [0.15, 0.2) is 0 Å². The first-order valence-electron chi connectivity index (χ1n) is 11.2. The van der Waals surface area contributed by atoms with Crippen LogP contribution >= 0.6 is 0 Å². The van der Waals surface area contributed by atoms with Gasteiger partial charge in [0, 0.05) is 56.8 Å². The molecule has 2 aliphatic heterocycles. The Hall–Kier alpha value is -2.66. The zero-order valence-electron chi connectivity index (χ0n) is 18.6. The van der Waals surface area contributed by atoms with E-state index >= 15 is 0 Å². The van der Waals surface area contributed by atoms with Gasteiger partial charge in [-0.25, -0.2) is 4.39 Å². The van der Waals surface area contributed by atoms with Crippen LogP contribution in [-0.2, 0) is 12.4 Å². The highest BCUT2D eigenvalue weighted by molar-refractivity contribution is 5.95. The number of nitrogens with zero attached hydrogens (tertiary/aromatic N) is 2. The average molecular weight is 503 g/mol. The van der Waals surface area contributed by atoms with E-state index in [4.69, 9.17) is 0 Å². The first kappa shape index (κ1) is 25.4. The number of hydrogen-bond acceptors (Lipinski definition) is 3. The lowest BCUT2D eigenvalue weighted by molar-refractivity contribution is -0.143. The van der Waals surface area contributed by atoms with Crippen LogP contribution in [0.15, 0.2) is 42.5 Å². The van der Waals surface area contributed by atoms with E-state index in [1.807, 2.05) is 0 Å². The van der Waals surface area contributed by atoms with Gasteiger partial charge in [0.1, 0.15) is 5.82 Å². The molecule has 2 heterocycles. The van der Waals surface area contributed by atoms with E-state index in [2.05, 4.69) is 10.2 Å². The van der Waals surface area contributed by atoms with Gasteiger partial charge in [-0.2, -0.15) is 26.3 Å². The van der Waals surface area contributed by atoms with Crippen LogP contribution in [0.5, 0.6) is 0 Å². The Labute approximate surface area is 197 Å². The minimum atomic E-state index is -5.04. The molecule has 2 aliphatic rings. The minimum absolute atomic E-state index is 0.00106. The fraction of sp³-hybridized carbons (Fsp3) is 0.458. The van der Waals surface area contributed by atoms with Gasteiger partial charge in [0.2, 0.25) is 0 Å². The van der Waals surface area contributed by atoms with Crippen LogP contribution in [0.1, 0.15) is 39.4 Å². The van der Waals surface area contributed by atoms with Crippen molar-refractivity contribution in [3.05, 3.63) is 70.5 Å². The van der Waals surface area contributed by atoms with Crippen LogP contribution in [0, 0.1) is 5.82 Å². The number of rotatable bonds is 3. The van der Waals surface area contributed by atoms with Crippen LogP contribution in [0.25, 0.3) is 0 Å². The lowest BCUT2D eigenvalue weighted by atomic mass is 9.84. The molecule has 2 saturated heterocycles. The summed E-state index contributed by atoms with van der Waals surface area (Å²) in [6.07, 6.45) is -9.59. The average Bonchev–Trinajstić information content (AvgIpc) is 2.83. The van der Waals surface area contributed by atoms with Crippen LogP contribution in [0.2, 0.25) is 0 Å². The fourth-order valence-electron chi connectivity index (χ4n) is 4.87. The molecule has 4 rings (SSSR count). The number of piperazine rings is 1. The number of nitrogens with one attached hydrogen (secondary N) is 1. The van der Waals surface area contributed by atoms with Crippen LogP contribution in [0.3, 0.4) is 0 Å². The Kier molecular flexibility index (Phi) is 7.10. The third kappa shape index (κ3) is 5.78. The summed E-state index contributed by atoms with van der Waals surface area (Å²) in [5.74, 6) is -1.60. The van der Waals surface area contributed by atoms with E-state index in [1.165, 1.54) is 17.0 Å². The van der Waals surface area contributed by atoms with Crippen molar-refractivity contribution in [1.82, 2.24) is 15.1 Å².